The number of esters is 2. The van der Waals surface area contributed by atoms with Gasteiger partial charge in [-0.1, -0.05) is 0 Å². The molecule has 0 amide bonds. The van der Waals surface area contributed by atoms with Crippen molar-refractivity contribution in [3.8, 4) is 0 Å². The highest BCUT2D eigenvalue weighted by Crippen LogP contribution is 2.07. The number of ether oxygens (including phenoxy) is 2. The van der Waals surface area contributed by atoms with E-state index in [2.05, 4.69) is 9.47 Å². The molecular weight excluding hydrogens is 472 g/mol. The molecule has 0 unspecified atom stereocenters. The van der Waals surface area contributed by atoms with Gasteiger partial charge < -0.3 is 60.5 Å². The Kier molecular flexibility index (Phi) is 14.4. The molecule has 16 heteroatoms. The minimum atomic E-state index is -2.29. The minimum Gasteiger partial charge on any atom is -0.454 e. The highest BCUT2D eigenvalue weighted by molar-refractivity contribution is 5.94. The summed E-state index contributed by atoms with van der Waals surface area (Å²) in [6.45, 7) is -4.20. The van der Waals surface area contributed by atoms with Gasteiger partial charge in [0.05, 0.1) is 13.2 Å². The third-order valence-corrected chi connectivity index (χ3v) is 4.24. The van der Waals surface area contributed by atoms with E-state index in [-0.39, 0.29) is 0 Å². The van der Waals surface area contributed by atoms with Gasteiger partial charge in [0, 0.05) is 12.2 Å². The molecule has 34 heavy (non-hydrogen) atoms. The molecular formula is C18H28O16. The highest BCUT2D eigenvalue weighted by Gasteiger charge is 2.35. The fourth-order valence-electron chi connectivity index (χ4n) is 2.11. The number of aliphatic hydroxyl groups is 10. The standard InChI is InChI=1S/C18H28O16/c19-3-7(21)13(27)17(31)15(29)9(23)5-33-11(25)1-2-12(26)34-6-10(24)16(30)18(32)14(28)8(22)4-20/h1-2,7-8,13-22,27-32H,3-6H2/b2-1+/t7-,8-,13-,14-,15+,16+,17+,18+/m1/s1. The number of carbonyl (C=O) groups is 4. The largest absolute Gasteiger partial charge is 0.454 e. The Labute approximate surface area is 191 Å². The number of carbonyl (C=O) groups excluding carboxylic acids is 4. The molecule has 0 aromatic carbocycles. The van der Waals surface area contributed by atoms with Gasteiger partial charge in [-0.2, -0.15) is 0 Å². The molecule has 0 aromatic heterocycles. The lowest BCUT2D eigenvalue weighted by Crippen LogP contribution is -2.49. The molecule has 0 saturated heterocycles. The molecule has 0 spiro atoms. The monoisotopic (exact) mass is 500 g/mol. The van der Waals surface area contributed by atoms with Gasteiger partial charge in [-0.3, -0.25) is 9.59 Å². The maximum absolute atomic E-state index is 11.7. The lowest BCUT2D eigenvalue weighted by atomic mass is 10.0. The first-order valence-corrected chi connectivity index (χ1v) is 9.51. The smallest absolute Gasteiger partial charge is 0.331 e. The summed E-state index contributed by atoms with van der Waals surface area (Å²) in [7, 11) is 0. The lowest BCUT2D eigenvalue weighted by Gasteiger charge is -2.24. The summed E-state index contributed by atoms with van der Waals surface area (Å²) in [5, 5.41) is 92.7. The van der Waals surface area contributed by atoms with Crippen molar-refractivity contribution in [1.82, 2.24) is 0 Å². The SMILES string of the molecule is O=C(/C=C/C(=O)OCC(=O)[C@H](O)[C@@H](O)[C@H](O)[C@H](O)CO)OCC(=O)[C@H](O)[C@@H](O)[C@H](O)[C@H](O)CO. The third kappa shape index (κ3) is 10.3. The summed E-state index contributed by atoms with van der Waals surface area (Å²) >= 11 is 0. The molecule has 0 aromatic rings. The zero-order valence-corrected chi connectivity index (χ0v) is 17.5. The quantitative estimate of drug-likeness (QED) is 0.0695. The number of rotatable bonds is 16. The maximum Gasteiger partial charge on any atom is 0.331 e. The number of hydrogen-bond acceptors (Lipinski definition) is 16. The number of ketones is 2. The van der Waals surface area contributed by atoms with Crippen molar-refractivity contribution < 1.29 is 79.7 Å². The van der Waals surface area contributed by atoms with E-state index in [1.54, 1.807) is 0 Å². The van der Waals surface area contributed by atoms with Gasteiger partial charge in [-0.25, -0.2) is 9.59 Å². The summed E-state index contributed by atoms with van der Waals surface area (Å²) in [6, 6.07) is 0. The van der Waals surface area contributed by atoms with Crippen LogP contribution in [0.1, 0.15) is 0 Å². The van der Waals surface area contributed by atoms with E-state index in [1.807, 2.05) is 0 Å². The molecule has 8 atom stereocenters. The average molecular weight is 500 g/mol. The van der Waals surface area contributed by atoms with Crippen LogP contribution in [-0.4, -0.2) is 150 Å². The Morgan fingerprint density at radius 3 is 1.12 bits per heavy atom. The number of Topliss-reactive ketones (excluding diaryl/α,β-unsaturated/α-hetero) is 2. The van der Waals surface area contributed by atoms with Crippen molar-refractivity contribution in [2.75, 3.05) is 26.4 Å². The maximum atomic E-state index is 11.7. The van der Waals surface area contributed by atoms with Crippen LogP contribution in [0.3, 0.4) is 0 Å². The summed E-state index contributed by atoms with van der Waals surface area (Å²) < 4.78 is 8.77. The molecule has 0 heterocycles. The zero-order chi connectivity index (χ0) is 26.6. The topological polar surface area (TPSA) is 289 Å². The third-order valence-electron chi connectivity index (χ3n) is 4.24. The van der Waals surface area contributed by atoms with E-state index in [9.17, 15) is 49.8 Å². The van der Waals surface area contributed by atoms with E-state index in [1.165, 1.54) is 0 Å². The van der Waals surface area contributed by atoms with Crippen LogP contribution in [0.25, 0.3) is 0 Å². The van der Waals surface area contributed by atoms with Gasteiger partial charge in [-0.05, 0) is 0 Å². The van der Waals surface area contributed by atoms with E-state index in [0.29, 0.717) is 12.2 Å². The highest BCUT2D eigenvalue weighted by atomic mass is 16.5. The van der Waals surface area contributed by atoms with Crippen LogP contribution in [0.5, 0.6) is 0 Å². The van der Waals surface area contributed by atoms with Crippen LogP contribution >= 0.6 is 0 Å². The van der Waals surface area contributed by atoms with Crippen molar-refractivity contribution in [2.24, 2.45) is 0 Å². The Hall–Kier alpha value is -2.38. The first kappa shape index (κ1) is 31.6. The van der Waals surface area contributed by atoms with Crippen LogP contribution in [0.4, 0.5) is 0 Å². The van der Waals surface area contributed by atoms with E-state index < -0.39 is 98.8 Å². The fourth-order valence-corrected chi connectivity index (χ4v) is 2.11. The fraction of sp³-hybridized carbons (Fsp3) is 0.667. The lowest BCUT2D eigenvalue weighted by molar-refractivity contribution is -0.156. The van der Waals surface area contributed by atoms with Crippen molar-refractivity contribution in [3.63, 3.8) is 0 Å². The van der Waals surface area contributed by atoms with Crippen LogP contribution in [0.15, 0.2) is 12.2 Å². The van der Waals surface area contributed by atoms with Crippen molar-refractivity contribution >= 4 is 23.5 Å². The molecule has 0 aliphatic carbocycles. The summed E-state index contributed by atoms with van der Waals surface area (Å²) in [4.78, 5) is 46.3. The molecule has 0 aliphatic heterocycles. The normalized spacial score (nSPS) is 18.8. The van der Waals surface area contributed by atoms with E-state index in [0.717, 1.165) is 0 Å². The Morgan fingerprint density at radius 2 is 0.853 bits per heavy atom. The minimum absolute atomic E-state index is 0.444. The van der Waals surface area contributed by atoms with Gasteiger partial charge in [-0.15, -0.1) is 0 Å². The Bertz CT molecular complexity index is 650. The van der Waals surface area contributed by atoms with Crippen LogP contribution in [0, 0.1) is 0 Å². The van der Waals surface area contributed by atoms with Crippen molar-refractivity contribution in [2.45, 2.75) is 48.8 Å². The summed E-state index contributed by atoms with van der Waals surface area (Å²) in [5.41, 5.74) is 0. The van der Waals surface area contributed by atoms with Crippen LogP contribution in [-0.2, 0) is 28.7 Å². The molecule has 0 bridgehead atoms. The van der Waals surface area contributed by atoms with Gasteiger partial charge >= 0.3 is 11.9 Å². The first-order chi connectivity index (χ1) is 15.8. The van der Waals surface area contributed by atoms with Gasteiger partial charge in [0.1, 0.15) is 48.8 Å². The van der Waals surface area contributed by atoms with Crippen molar-refractivity contribution in [3.05, 3.63) is 12.2 Å². The molecule has 0 saturated carbocycles. The first-order valence-electron chi connectivity index (χ1n) is 9.51. The van der Waals surface area contributed by atoms with Gasteiger partial charge in [0.2, 0.25) is 11.6 Å². The van der Waals surface area contributed by atoms with Crippen LogP contribution in [0.2, 0.25) is 0 Å². The molecule has 16 nitrogen and oxygen atoms in total. The summed E-state index contributed by atoms with van der Waals surface area (Å²) in [5.74, 6) is -5.23. The van der Waals surface area contributed by atoms with Gasteiger partial charge in [0.25, 0.3) is 0 Å². The molecule has 10 N–H and O–H groups in total. The molecule has 0 radical (unpaired) electrons. The predicted molar refractivity (Wildman–Crippen MR) is 103 cm³/mol. The predicted octanol–water partition coefficient (Wildman–Crippen LogP) is -7.36. The van der Waals surface area contributed by atoms with E-state index in [4.69, 9.17) is 20.4 Å². The summed E-state index contributed by atoms with van der Waals surface area (Å²) in [6.07, 6.45) is -16.0. The number of aliphatic hydroxyl groups excluding tert-OH is 10. The van der Waals surface area contributed by atoms with Crippen LogP contribution < -0.4 is 0 Å². The number of hydrogen-bond donors (Lipinski definition) is 10. The Morgan fingerprint density at radius 1 is 0.559 bits per heavy atom. The Balaban J connectivity index is 4.54. The molecule has 0 aliphatic rings. The molecule has 0 fully saturated rings. The second-order valence-electron chi connectivity index (χ2n) is 6.83. The second kappa shape index (κ2) is 15.5. The molecule has 196 valence electrons. The molecule has 0 rings (SSSR count). The second-order valence-corrected chi connectivity index (χ2v) is 6.83. The average Bonchev–Trinajstić information content (AvgIpc) is 2.84. The zero-order valence-electron chi connectivity index (χ0n) is 17.5. The van der Waals surface area contributed by atoms with E-state index >= 15 is 0 Å². The van der Waals surface area contributed by atoms with Gasteiger partial charge in [0.15, 0.2) is 13.2 Å². The van der Waals surface area contributed by atoms with Crippen molar-refractivity contribution in [1.29, 1.82) is 0 Å².